The summed E-state index contributed by atoms with van der Waals surface area (Å²) < 4.78 is 13.0. The topological polar surface area (TPSA) is 105 Å². The quantitative estimate of drug-likeness (QED) is 0.536. The minimum Gasteiger partial charge on any atom is -0.349 e. The van der Waals surface area contributed by atoms with Gasteiger partial charge in [-0.2, -0.15) is 0 Å². The van der Waals surface area contributed by atoms with E-state index in [2.05, 4.69) is 10.6 Å². The average Bonchev–Trinajstić information content (AvgIpc) is 2.71. The average molecular weight is 435 g/mol. The second kappa shape index (κ2) is 9.64. The lowest BCUT2D eigenvalue weighted by atomic mass is 10.0. The molecule has 1 aliphatic rings. The van der Waals surface area contributed by atoms with Crippen LogP contribution >= 0.6 is 11.6 Å². The molecule has 10 heteroatoms. The van der Waals surface area contributed by atoms with E-state index in [-0.39, 0.29) is 35.1 Å². The minimum absolute atomic E-state index is 0.0222. The van der Waals surface area contributed by atoms with Gasteiger partial charge in [0.1, 0.15) is 5.82 Å². The van der Waals surface area contributed by atoms with Crippen molar-refractivity contribution < 1.29 is 18.9 Å². The standard InChI is InChI=1S/C20H20ClFN4O4/c21-17-11-16(26(29)30)5-6-18(17)24-19(27)12-25-9-7-15(8-10-25)23-20(28)13-1-3-14(22)4-2-13/h1-6,11,15H,7-10,12H2,(H,23,28)(H,24,27). The second-order valence-corrected chi connectivity index (χ2v) is 7.41. The van der Waals surface area contributed by atoms with Crippen molar-refractivity contribution in [1.82, 2.24) is 10.2 Å². The monoisotopic (exact) mass is 434 g/mol. The van der Waals surface area contributed by atoms with Crippen LogP contribution < -0.4 is 10.6 Å². The number of piperidine rings is 1. The third-order valence-electron chi connectivity index (χ3n) is 4.83. The van der Waals surface area contributed by atoms with Gasteiger partial charge >= 0.3 is 0 Å². The van der Waals surface area contributed by atoms with Gasteiger partial charge in [-0.3, -0.25) is 24.6 Å². The highest BCUT2D eigenvalue weighted by atomic mass is 35.5. The number of nitrogens with one attached hydrogen (secondary N) is 2. The van der Waals surface area contributed by atoms with E-state index >= 15 is 0 Å². The van der Waals surface area contributed by atoms with Crippen LogP contribution in [0.4, 0.5) is 15.8 Å². The lowest BCUT2D eigenvalue weighted by molar-refractivity contribution is -0.384. The van der Waals surface area contributed by atoms with Crippen molar-refractivity contribution in [1.29, 1.82) is 0 Å². The molecule has 0 unspecified atom stereocenters. The van der Waals surface area contributed by atoms with Crippen molar-refractivity contribution in [3.63, 3.8) is 0 Å². The number of carbonyl (C=O) groups excluding carboxylic acids is 2. The van der Waals surface area contributed by atoms with Crippen LogP contribution in [0.3, 0.4) is 0 Å². The molecule has 2 N–H and O–H groups in total. The normalized spacial score (nSPS) is 14.9. The predicted molar refractivity (Wildman–Crippen MR) is 110 cm³/mol. The molecule has 0 aliphatic carbocycles. The number of amides is 2. The molecular formula is C20H20ClFN4O4. The summed E-state index contributed by atoms with van der Waals surface area (Å²) in [5, 5.41) is 16.4. The highest BCUT2D eigenvalue weighted by molar-refractivity contribution is 6.34. The van der Waals surface area contributed by atoms with Gasteiger partial charge in [0, 0.05) is 36.8 Å². The highest BCUT2D eigenvalue weighted by Gasteiger charge is 2.23. The van der Waals surface area contributed by atoms with Gasteiger partial charge < -0.3 is 10.6 Å². The van der Waals surface area contributed by atoms with E-state index in [1.807, 2.05) is 4.90 Å². The van der Waals surface area contributed by atoms with E-state index in [0.29, 0.717) is 37.2 Å². The molecule has 1 fully saturated rings. The number of rotatable bonds is 6. The zero-order valence-electron chi connectivity index (χ0n) is 15.9. The fraction of sp³-hybridized carbons (Fsp3) is 0.300. The van der Waals surface area contributed by atoms with Crippen molar-refractivity contribution in [2.75, 3.05) is 25.0 Å². The number of hydrogen-bond donors (Lipinski definition) is 2. The van der Waals surface area contributed by atoms with E-state index in [1.54, 1.807) is 0 Å². The molecule has 0 radical (unpaired) electrons. The number of likely N-dealkylation sites (tertiary alicyclic amines) is 1. The second-order valence-electron chi connectivity index (χ2n) is 7.00. The summed E-state index contributed by atoms with van der Waals surface area (Å²) in [5.74, 6) is -0.924. The molecule has 2 aromatic rings. The molecule has 0 atom stereocenters. The van der Waals surface area contributed by atoms with E-state index in [1.165, 1.54) is 42.5 Å². The van der Waals surface area contributed by atoms with E-state index in [9.17, 15) is 24.1 Å². The summed E-state index contributed by atoms with van der Waals surface area (Å²) in [6.45, 7) is 1.39. The Morgan fingerprint density at radius 2 is 1.83 bits per heavy atom. The fourth-order valence-electron chi connectivity index (χ4n) is 3.22. The smallest absolute Gasteiger partial charge is 0.271 e. The Labute approximate surface area is 177 Å². The molecule has 0 saturated carbocycles. The van der Waals surface area contributed by atoms with Crippen LogP contribution in [0.2, 0.25) is 5.02 Å². The summed E-state index contributed by atoms with van der Waals surface area (Å²) in [5.41, 5.74) is 0.564. The molecule has 8 nitrogen and oxygen atoms in total. The summed E-state index contributed by atoms with van der Waals surface area (Å²) in [6.07, 6.45) is 1.36. The third kappa shape index (κ3) is 5.74. The molecular weight excluding hydrogens is 415 g/mol. The Morgan fingerprint density at radius 3 is 2.43 bits per heavy atom. The number of nitro groups is 1. The van der Waals surface area contributed by atoms with E-state index < -0.39 is 10.7 Å². The first-order chi connectivity index (χ1) is 14.3. The Bertz CT molecular complexity index is 946. The number of hydrogen-bond acceptors (Lipinski definition) is 5. The fourth-order valence-corrected chi connectivity index (χ4v) is 3.44. The van der Waals surface area contributed by atoms with Crippen molar-refractivity contribution >= 4 is 34.8 Å². The predicted octanol–water partition coefficient (Wildman–Crippen LogP) is 3.22. The summed E-state index contributed by atoms with van der Waals surface area (Å²) in [4.78, 5) is 36.6. The summed E-state index contributed by atoms with van der Waals surface area (Å²) in [6, 6.07) is 9.20. The van der Waals surface area contributed by atoms with Gasteiger partial charge in [-0.25, -0.2) is 4.39 Å². The third-order valence-corrected chi connectivity index (χ3v) is 5.15. The van der Waals surface area contributed by atoms with Crippen molar-refractivity contribution in [2.24, 2.45) is 0 Å². The lowest BCUT2D eigenvalue weighted by Gasteiger charge is -2.31. The van der Waals surface area contributed by atoms with Crippen molar-refractivity contribution in [2.45, 2.75) is 18.9 Å². The largest absolute Gasteiger partial charge is 0.349 e. The molecule has 2 aromatic carbocycles. The molecule has 3 rings (SSSR count). The Balaban J connectivity index is 1.45. The molecule has 2 amide bonds. The van der Waals surface area contributed by atoms with Crippen molar-refractivity contribution in [3.8, 4) is 0 Å². The van der Waals surface area contributed by atoms with Gasteiger partial charge in [0.25, 0.3) is 11.6 Å². The van der Waals surface area contributed by atoms with Gasteiger partial charge in [-0.1, -0.05) is 11.6 Å². The Kier molecular flexibility index (Phi) is 6.96. The Hall–Kier alpha value is -3.04. The van der Waals surface area contributed by atoms with Gasteiger partial charge in [0.05, 0.1) is 22.2 Å². The van der Waals surface area contributed by atoms with Gasteiger partial charge in [-0.15, -0.1) is 0 Å². The van der Waals surface area contributed by atoms with Crippen molar-refractivity contribution in [3.05, 3.63) is 69.0 Å². The maximum atomic E-state index is 13.0. The molecule has 0 spiro atoms. The number of anilines is 1. The van der Waals surface area contributed by atoms with Crippen LogP contribution in [-0.4, -0.2) is 47.3 Å². The molecule has 1 aliphatic heterocycles. The molecule has 0 aromatic heterocycles. The van der Waals surface area contributed by atoms with Gasteiger partial charge in [0.2, 0.25) is 5.91 Å². The van der Waals surface area contributed by atoms with Crippen LogP contribution in [0.25, 0.3) is 0 Å². The number of non-ortho nitro benzene ring substituents is 1. The number of nitrogens with zero attached hydrogens (tertiary/aromatic N) is 2. The number of benzene rings is 2. The van der Waals surface area contributed by atoms with Gasteiger partial charge in [0.15, 0.2) is 0 Å². The van der Waals surface area contributed by atoms with Gasteiger partial charge in [-0.05, 0) is 43.2 Å². The first-order valence-corrected chi connectivity index (χ1v) is 9.72. The maximum Gasteiger partial charge on any atom is 0.271 e. The molecule has 1 saturated heterocycles. The minimum atomic E-state index is -0.559. The van der Waals surface area contributed by atoms with Crippen LogP contribution in [0.5, 0.6) is 0 Å². The maximum absolute atomic E-state index is 13.0. The van der Waals surface area contributed by atoms with Crippen LogP contribution in [-0.2, 0) is 4.79 Å². The Morgan fingerprint density at radius 1 is 1.17 bits per heavy atom. The lowest BCUT2D eigenvalue weighted by Crippen LogP contribution is -2.46. The van der Waals surface area contributed by atoms with E-state index in [0.717, 1.165) is 0 Å². The first-order valence-electron chi connectivity index (χ1n) is 9.34. The summed E-state index contributed by atoms with van der Waals surface area (Å²) in [7, 11) is 0. The zero-order valence-corrected chi connectivity index (χ0v) is 16.7. The molecule has 1 heterocycles. The SMILES string of the molecule is O=C(CN1CCC(NC(=O)c2ccc(F)cc2)CC1)Nc1ccc([N+](=O)[O-])cc1Cl. The van der Waals surface area contributed by atoms with Crippen LogP contribution in [0.15, 0.2) is 42.5 Å². The van der Waals surface area contributed by atoms with E-state index in [4.69, 9.17) is 11.6 Å². The number of nitro benzene ring substituents is 1. The van der Waals surface area contributed by atoms with Crippen LogP contribution in [0, 0.1) is 15.9 Å². The molecule has 158 valence electrons. The zero-order chi connectivity index (χ0) is 21.7. The number of carbonyl (C=O) groups is 2. The molecule has 0 bridgehead atoms. The van der Waals surface area contributed by atoms with Crippen LogP contribution in [0.1, 0.15) is 23.2 Å². The molecule has 30 heavy (non-hydrogen) atoms. The number of halogens is 2. The highest BCUT2D eigenvalue weighted by Crippen LogP contribution is 2.26. The summed E-state index contributed by atoms with van der Waals surface area (Å²) >= 11 is 5.99. The first kappa shape index (κ1) is 21.7.